The molecule has 6 heteroatoms. The smallest absolute Gasteiger partial charge is 0.240 e. The van der Waals surface area contributed by atoms with E-state index in [1.54, 1.807) is 12.1 Å². The second-order valence-corrected chi connectivity index (χ2v) is 6.27. The van der Waals surface area contributed by atoms with Crippen LogP contribution in [0.3, 0.4) is 0 Å². The summed E-state index contributed by atoms with van der Waals surface area (Å²) in [4.78, 5) is 0.162. The van der Waals surface area contributed by atoms with Gasteiger partial charge >= 0.3 is 0 Å². The normalized spacial score (nSPS) is 13.5. The molecule has 5 nitrogen and oxygen atoms in total. The molecule has 19 heavy (non-hydrogen) atoms. The van der Waals surface area contributed by atoms with E-state index < -0.39 is 16.1 Å². The zero-order valence-corrected chi connectivity index (χ0v) is 12.3. The molecule has 2 N–H and O–H groups in total. The largest absolute Gasteiger partial charge is 0.494 e. The minimum absolute atomic E-state index is 0.0162. The number of benzene rings is 1. The fourth-order valence-corrected chi connectivity index (χ4v) is 2.91. The molecular formula is C13H21NO4S. The summed E-state index contributed by atoms with van der Waals surface area (Å²) in [6.07, 6.45) is 0. The number of hydrogen-bond donors (Lipinski definition) is 2. The summed E-state index contributed by atoms with van der Waals surface area (Å²) < 4.78 is 32.0. The van der Waals surface area contributed by atoms with Crippen LogP contribution in [0.1, 0.15) is 20.8 Å². The lowest BCUT2D eigenvalue weighted by Crippen LogP contribution is -2.41. The number of hydrogen-bond acceptors (Lipinski definition) is 4. The highest BCUT2D eigenvalue weighted by molar-refractivity contribution is 7.89. The van der Waals surface area contributed by atoms with Crippen molar-refractivity contribution in [2.75, 3.05) is 13.2 Å². The summed E-state index contributed by atoms with van der Waals surface area (Å²) in [5.74, 6) is 0.645. The first kappa shape index (κ1) is 15.9. The lowest BCUT2D eigenvalue weighted by atomic mass is 10.1. The Morgan fingerprint density at radius 3 is 2.26 bits per heavy atom. The van der Waals surface area contributed by atoms with Crippen molar-refractivity contribution in [2.45, 2.75) is 31.7 Å². The van der Waals surface area contributed by atoms with Crippen LogP contribution in [0.4, 0.5) is 0 Å². The highest BCUT2D eigenvalue weighted by Gasteiger charge is 2.21. The van der Waals surface area contributed by atoms with Crippen LogP contribution in [-0.2, 0) is 10.0 Å². The van der Waals surface area contributed by atoms with Gasteiger partial charge in [0, 0.05) is 6.04 Å². The van der Waals surface area contributed by atoms with Gasteiger partial charge in [-0.25, -0.2) is 13.1 Å². The third kappa shape index (κ3) is 4.49. The summed E-state index contributed by atoms with van der Waals surface area (Å²) in [5, 5.41) is 9.17. The summed E-state index contributed by atoms with van der Waals surface area (Å²) in [7, 11) is -3.61. The number of sulfonamides is 1. The first-order valence-electron chi connectivity index (χ1n) is 6.26. The Labute approximate surface area is 114 Å². The van der Waals surface area contributed by atoms with Crippen molar-refractivity contribution in [3.05, 3.63) is 24.3 Å². The molecule has 0 radical (unpaired) electrons. The topological polar surface area (TPSA) is 75.6 Å². The Morgan fingerprint density at radius 2 is 1.84 bits per heavy atom. The zero-order chi connectivity index (χ0) is 14.5. The van der Waals surface area contributed by atoms with Gasteiger partial charge < -0.3 is 9.84 Å². The maximum Gasteiger partial charge on any atom is 0.240 e. The third-order valence-electron chi connectivity index (χ3n) is 2.75. The van der Waals surface area contributed by atoms with Crippen molar-refractivity contribution in [1.82, 2.24) is 4.72 Å². The molecular weight excluding hydrogens is 266 g/mol. The average molecular weight is 287 g/mol. The number of aliphatic hydroxyl groups is 1. The van der Waals surface area contributed by atoms with Gasteiger partial charge in [0.2, 0.25) is 10.0 Å². The van der Waals surface area contributed by atoms with Gasteiger partial charge in [0.1, 0.15) is 5.75 Å². The minimum Gasteiger partial charge on any atom is -0.494 e. The summed E-state index contributed by atoms with van der Waals surface area (Å²) in [6, 6.07) is 5.71. The van der Waals surface area contributed by atoms with Gasteiger partial charge in [0.15, 0.2) is 0 Å². The number of nitrogens with one attached hydrogen (secondary N) is 1. The quantitative estimate of drug-likeness (QED) is 0.794. The van der Waals surface area contributed by atoms with Crippen molar-refractivity contribution < 1.29 is 18.3 Å². The fourth-order valence-electron chi connectivity index (χ4n) is 1.53. The first-order chi connectivity index (χ1) is 8.90. The molecule has 0 amide bonds. The second-order valence-electron chi connectivity index (χ2n) is 4.56. The van der Waals surface area contributed by atoms with Crippen molar-refractivity contribution in [3.8, 4) is 5.75 Å². The lowest BCUT2D eigenvalue weighted by molar-refractivity contribution is 0.227. The van der Waals surface area contributed by atoms with E-state index in [1.807, 2.05) is 20.8 Å². The van der Waals surface area contributed by atoms with E-state index in [0.717, 1.165) is 0 Å². The molecule has 1 aromatic carbocycles. The van der Waals surface area contributed by atoms with E-state index >= 15 is 0 Å². The Kier molecular flexibility index (Phi) is 5.78. The number of aliphatic hydroxyl groups excluding tert-OH is 1. The first-order valence-corrected chi connectivity index (χ1v) is 7.75. The Bertz CT molecular complexity index is 482. The number of ether oxygens (including phenoxy) is 1. The number of rotatable bonds is 7. The van der Waals surface area contributed by atoms with Crippen molar-refractivity contribution in [1.29, 1.82) is 0 Å². The highest BCUT2D eigenvalue weighted by atomic mass is 32.2. The maximum absolute atomic E-state index is 12.1. The van der Waals surface area contributed by atoms with Gasteiger partial charge in [-0.05, 0) is 37.1 Å². The van der Waals surface area contributed by atoms with Crippen LogP contribution in [0, 0.1) is 5.92 Å². The molecule has 1 aromatic rings. The molecule has 108 valence electrons. The van der Waals surface area contributed by atoms with Gasteiger partial charge in [-0.1, -0.05) is 13.8 Å². The fraction of sp³-hybridized carbons (Fsp3) is 0.538. The van der Waals surface area contributed by atoms with E-state index in [9.17, 15) is 13.5 Å². The van der Waals surface area contributed by atoms with Gasteiger partial charge in [-0.3, -0.25) is 0 Å². The van der Waals surface area contributed by atoms with Crippen LogP contribution in [0.15, 0.2) is 29.2 Å². The van der Waals surface area contributed by atoms with Crippen LogP contribution >= 0.6 is 0 Å². The van der Waals surface area contributed by atoms with Crippen LogP contribution < -0.4 is 9.46 Å². The van der Waals surface area contributed by atoms with Crippen LogP contribution in [-0.4, -0.2) is 32.8 Å². The molecule has 0 aliphatic rings. The van der Waals surface area contributed by atoms with Crippen molar-refractivity contribution in [3.63, 3.8) is 0 Å². The van der Waals surface area contributed by atoms with Gasteiger partial charge in [0.25, 0.3) is 0 Å². The minimum atomic E-state index is -3.61. The van der Waals surface area contributed by atoms with E-state index in [1.165, 1.54) is 12.1 Å². The molecule has 1 rings (SSSR count). The average Bonchev–Trinajstić information content (AvgIpc) is 2.37. The van der Waals surface area contributed by atoms with Crippen molar-refractivity contribution in [2.24, 2.45) is 5.92 Å². The molecule has 0 aromatic heterocycles. The molecule has 0 aliphatic heterocycles. The van der Waals surface area contributed by atoms with E-state index in [0.29, 0.717) is 12.4 Å². The monoisotopic (exact) mass is 287 g/mol. The predicted octanol–water partition coefficient (Wildman–Crippen LogP) is 1.38. The molecule has 1 unspecified atom stereocenters. The lowest BCUT2D eigenvalue weighted by Gasteiger charge is -2.19. The van der Waals surface area contributed by atoms with Crippen LogP contribution in [0.2, 0.25) is 0 Å². The Morgan fingerprint density at radius 1 is 1.26 bits per heavy atom. The SMILES string of the molecule is CCOc1ccc(S(=O)(=O)NC(CO)C(C)C)cc1. The molecule has 1 atom stereocenters. The zero-order valence-electron chi connectivity index (χ0n) is 11.5. The maximum atomic E-state index is 12.1. The van der Waals surface area contributed by atoms with E-state index in [4.69, 9.17) is 4.74 Å². The van der Waals surface area contributed by atoms with E-state index in [2.05, 4.69) is 4.72 Å². The standard InChI is InChI=1S/C13H21NO4S/c1-4-18-11-5-7-12(8-6-11)19(16,17)14-13(9-15)10(2)3/h5-8,10,13-15H,4,9H2,1-3H3. The molecule has 0 saturated heterocycles. The molecule has 0 fully saturated rings. The Hall–Kier alpha value is -1.11. The van der Waals surface area contributed by atoms with Gasteiger partial charge in [-0.2, -0.15) is 0 Å². The predicted molar refractivity (Wildman–Crippen MR) is 73.6 cm³/mol. The van der Waals surface area contributed by atoms with E-state index in [-0.39, 0.29) is 17.4 Å². The highest BCUT2D eigenvalue weighted by Crippen LogP contribution is 2.17. The molecule has 0 saturated carbocycles. The molecule has 0 aliphatic carbocycles. The summed E-state index contributed by atoms with van der Waals surface area (Å²) in [5.41, 5.74) is 0. The van der Waals surface area contributed by atoms with Crippen molar-refractivity contribution >= 4 is 10.0 Å². The molecule has 0 heterocycles. The van der Waals surface area contributed by atoms with Gasteiger partial charge in [0.05, 0.1) is 18.1 Å². The second kappa shape index (κ2) is 6.88. The Balaban J connectivity index is 2.87. The summed E-state index contributed by atoms with van der Waals surface area (Å²) in [6.45, 7) is 5.86. The van der Waals surface area contributed by atoms with Crippen LogP contribution in [0.25, 0.3) is 0 Å². The third-order valence-corrected chi connectivity index (χ3v) is 4.26. The molecule has 0 spiro atoms. The van der Waals surface area contributed by atoms with Crippen LogP contribution in [0.5, 0.6) is 5.75 Å². The summed E-state index contributed by atoms with van der Waals surface area (Å²) >= 11 is 0. The van der Waals surface area contributed by atoms with Gasteiger partial charge in [-0.15, -0.1) is 0 Å². The molecule has 0 bridgehead atoms.